The summed E-state index contributed by atoms with van der Waals surface area (Å²) in [5.41, 5.74) is 1.33. The van der Waals surface area contributed by atoms with E-state index in [1.54, 1.807) is 0 Å². The van der Waals surface area contributed by atoms with Gasteiger partial charge in [-0.25, -0.2) is 0 Å². The van der Waals surface area contributed by atoms with Crippen molar-refractivity contribution in [3.63, 3.8) is 0 Å². The van der Waals surface area contributed by atoms with Crippen LogP contribution in [0, 0.1) is 11.8 Å². The first kappa shape index (κ1) is 12.7. The number of hydrogen-bond acceptors (Lipinski definition) is 0. The second-order valence-electron chi connectivity index (χ2n) is 4.57. The van der Waals surface area contributed by atoms with Crippen LogP contribution < -0.4 is 0 Å². The fourth-order valence-corrected chi connectivity index (χ4v) is 2.14. The Morgan fingerprint density at radius 2 is 1.92 bits per heavy atom. The van der Waals surface area contributed by atoms with Gasteiger partial charge in [-0.15, -0.1) is 6.58 Å². The van der Waals surface area contributed by atoms with Crippen LogP contribution in [0.5, 0.6) is 0 Å². The lowest BCUT2D eigenvalue weighted by Gasteiger charge is -2.19. The molecule has 0 aromatic rings. The molecular weight excluding hydrogens is 156 g/mol. The number of allylic oxidation sites excluding steroid dienone is 1. The summed E-state index contributed by atoms with van der Waals surface area (Å²) in [6.07, 6.45) is 6.67. The molecule has 0 saturated carbocycles. The third-order valence-corrected chi connectivity index (χ3v) is 2.71. The van der Waals surface area contributed by atoms with Crippen molar-refractivity contribution in [3.8, 4) is 0 Å². The molecule has 0 nitrogen and oxygen atoms in total. The molecule has 0 heteroatoms. The van der Waals surface area contributed by atoms with Gasteiger partial charge < -0.3 is 0 Å². The van der Waals surface area contributed by atoms with Gasteiger partial charge in [-0.3, -0.25) is 0 Å². The van der Waals surface area contributed by atoms with E-state index in [-0.39, 0.29) is 0 Å². The lowest BCUT2D eigenvalue weighted by atomic mass is 9.87. The molecule has 0 N–H and O–H groups in total. The molecule has 2 atom stereocenters. The molecule has 13 heavy (non-hydrogen) atoms. The Hall–Kier alpha value is -0.260. The fraction of sp³-hybridized carbons (Fsp3) is 0.846. The predicted octanol–water partition coefficient (Wildman–Crippen LogP) is 4.81. The number of rotatable bonds is 7. The van der Waals surface area contributed by atoms with E-state index < -0.39 is 0 Å². The van der Waals surface area contributed by atoms with Gasteiger partial charge in [0.25, 0.3) is 0 Å². The van der Waals surface area contributed by atoms with Gasteiger partial charge in [0, 0.05) is 0 Å². The molecule has 0 aliphatic carbocycles. The van der Waals surface area contributed by atoms with Gasteiger partial charge in [0.15, 0.2) is 0 Å². The predicted molar refractivity (Wildman–Crippen MR) is 61.9 cm³/mol. The van der Waals surface area contributed by atoms with Gasteiger partial charge >= 0.3 is 0 Å². The normalized spacial score (nSPS) is 15.4. The van der Waals surface area contributed by atoms with E-state index in [0.29, 0.717) is 0 Å². The summed E-state index contributed by atoms with van der Waals surface area (Å²) in [5.74, 6) is 1.77. The van der Waals surface area contributed by atoms with Crippen molar-refractivity contribution in [2.45, 2.75) is 59.8 Å². The van der Waals surface area contributed by atoms with Gasteiger partial charge in [-0.1, -0.05) is 45.6 Å². The molecule has 78 valence electrons. The SMILES string of the molecule is C=C(C)CC(C)CC(CC)CCC. The Balaban J connectivity index is 3.72. The Kier molecular flexibility index (Phi) is 7.03. The average molecular weight is 182 g/mol. The van der Waals surface area contributed by atoms with E-state index in [1.165, 1.54) is 37.7 Å². The first-order valence-corrected chi connectivity index (χ1v) is 5.74. The summed E-state index contributed by atoms with van der Waals surface area (Å²) in [6, 6.07) is 0. The van der Waals surface area contributed by atoms with Crippen LogP contribution >= 0.6 is 0 Å². The molecule has 2 unspecified atom stereocenters. The largest absolute Gasteiger partial charge is 0.100 e. The van der Waals surface area contributed by atoms with Gasteiger partial charge in [0.2, 0.25) is 0 Å². The summed E-state index contributed by atoms with van der Waals surface area (Å²) in [5, 5.41) is 0. The molecule has 0 heterocycles. The van der Waals surface area contributed by atoms with Crippen LogP contribution in [0.4, 0.5) is 0 Å². The minimum absolute atomic E-state index is 0.828. The van der Waals surface area contributed by atoms with Crippen LogP contribution in [0.1, 0.15) is 59.8 Å². The highest BCUT2D eigenvalue weighted by molar-refractivity contribution is 4.89. The van der Waals surface area contributed by atoms with E-state index in [4.69, 9.17) is 0 Å². The minimum Gasteiger partial charge on any atom is -0.100 e. The van der Waals surface area contributed by atoms with Crippen molar-refractivity contribution < 1.29 is 0 Å². The van der Waals surface area contributed by atoms with Crippen LogP contribution in [-0.4, -0.2) is 0 Å². The second-order valence-corrected chi connectivity index (χ2v) is 4.57. The third kappa shape index (κ3) is 6.86. The minimum atomic E-state index is 0.828. The molecule has 0 amide bonds. The summed E-state index contributed by atoms with van der Waals surface area (Å²) >= 11 is 0. The quantitative estimate of drug-likeness (QED) is 0.496. The maximum absolute atomic E-state index is 3.97. The molecule has 0 aliphatic rings. The van der Waals surface area contributed by atoms with E-state index >= 15 is 0 Å². The van der Waals surface area contributed by atoms with E-state index in [2.05, 4.69) is 34.3 Å². The van der Waals surface area contributed by atoms with Crippen LogP contribution in [0.3, 0.4) is 0 Å². The maximum atomic E-state index is 3.97. The standard InChI is InChI=1S/C13H26/c1-6-8-13(7-2)10-12(5)9-11(3)4/h12-13H,3,6-10H2,1-2,4-5H3. The molecular formula is C13H26. The first-order chi connectivity index (χ1) is 6.10. The van der Waals surface area contributed by atoms with Crippen LogP contribution in [0.15, 0.2) is 12.2 Å². The zero-order valence-electron chi connectivity index (χ0n) is 9.90. The van der Waals surface area contributed by atoms with E-state index in [9.17, 15) is 0 Å². The van der Waals surface area contributed by atoms with Gasteiger partial charge in [0.1, 0.15) is 0 Å². The fourth-order valence-electron chi connectivity index (χ4n) is 2.14. The zero-order chi connectivity index (χ0) is 10.3. The molecule has 0 aromatic carbocycles. The lowest BCUT2D eigenvalue weighted by Crippen LogP contribution is -2.05. The van der Waals surface area contributed by atoms with Crippen molar-refractivity contribution in [1.29, 1.82) is 0 Å². The van der Waals surface area contributed by atoms with E-state index in [1.807, 2.05) is 0 Å². The van der Waals surface area contributed by atoms with Crippen LogP contribution in [0.2, 0.25) is 0 Å². The average Bonchev–Trinajstić information content (AvgIpc) is 2.02. The van der Waals surface area contributed by atoms with Crippen LogP contribution in [0.25, 0.3) is 0 Å². The maximum Gasteiger partial charge on any atom is -0.0300 e. The number of hydrogen-bond donors (Lipinski definition) is 0. The third-order valence-electron chi connectivity index (χ3n) is 2.71. The molecule has 0 radical (unpaired) electrons. The first-order valence-electron chi connectivity index (χ1n) is 5.74. The summed E-state index contributed by atoms with van der Waals surface area (Å²) < 4.78 is 0. The molecule has 0 saturated heterocycles. The Morgan fingerprint density at radius 3 is 2.31 bits per heavy atom. The van der Waals surface area contributed by atoms with E-state index in [0.717, 1.165) is 11.8 Å². The van der Waals surface area contributed by atoms with Crippen molar-refractivity contribution in [2.75, 3.05) is 0 Å². The monoisotopic (exact) mass is 182 g/mol. The molecule has 0 bridgehead atoms. The van der Waals surface area contributed by atoms with Crippen LogP contribution in [-0.2, 0) is 0 Å². The van der Waals surface area contributed by atoms with Gasteiger partial charge in [-0.05, 0) is 31.6 Å². The zero-order valence-corrected chi connectivity index (χ0v) is 9.90. The second kappa shape index (κ2) is 7.17. The molecule has 0 spiro atoms. The Morgan fingerprint density at radius 1 is 1.31 bits per heavy atom. The molecule has 0 fully saturated rings. The highest BCUT2D eigenvalue weighted by atomic mass is 14.2. The smallest absolute Gasteiger partial charge is 0.0300 e. The summed E-state index contributed by atoms with van der Waals surface area (Å²) in [6.45, 7) is 13.1. The topological polar surface area (TPSA) is 0 Å². The summed E-state index contributed by atoms with van der Waals surface area (Å²) in [4.78, 5) is 0. The van der Waals surface area contributed by atoms with Crippen molar-refractivity contribution in [1.82, 2.24) is 0 Å². The highest BCUT2D eigenvalue weighted by Crippen LogP contribution is 2.24. The van der Waals surface area contributed by atoms with Crippen molar-refractivity contribution >= 4 is 0 Å². The van der Waals surface area contributed by atoms with Gasteiger partial charge in [-0.2, -0.15) is 0 Å². The van der Waals surface area contributed by atoms with Crippen molar-refractivity contribution in [2.24, 2.45) is 11.8 Å². The highest BCUT2D eigenvalue weighted by Gasteiger charge is 2.10. The molecule has 0 aromatic heterocycles. The van der Waals surface area contributed by atoms with Gasteiger partial charge in [0.05, 0.1) is 0 Å². The Labute approximate surface area is 84.4 Å². The molecule has 0 aliphatic heterocycles. The molecule has 0 rings (SSSR count). The Bertz CT molecular complexity index is 135. The lowest BCUT2D eigenvalue weighted by molar-refractivity contribution is 0.356. The van der Waals surface area contributed by atoms with Crippen molar-refractivity contribution in [3.05, 3.63) is 12.2 Å². The summed E-state index contributed by atoms with van der Waals surface area (Å²) in [7, 11) is 0.